The summed E-state index contributed by atoms with van der Waals surface area (Å²) in [6.45, 7) is 0. The normalized spacial score (nSPS) is 19.4. The van der Waals surface area contributed by atoms with E-state index < -0.39 is 32.6 Å². The van der Waals surface area contributed by atoms with Gasteiger partial charge in [0.2, 0.25) is 11.6 Å². The van der Waals surface area contributed by atoms with Crippen LogP contribution in [0.4, 0.5) is 0 Å². The molecule has 0 aliphatic heterocycles. The molecule has 1 N–H and O–H groups in total. The summed E-state index contributed by atoms with van der Waals surface area (Å²) in [5.74, 6) is -2.38. The SMILES string of the molecule is [N-]=[N+]=C1c2ccccc2C(=O)C(=O)C1S(=O)(=O)O. The van der Waals surface area contributed by atoms with E-state index in [1.807, 2.05) is 0 Å². The first-order valence-corrected chi connectivity index (χ1v) is 6.24. The lowest BCUT2D eigenvalue weighted by Gasteiger charge is -2.15. The highest BCUT2D eigenvalue weighted by Gasteiger charge is 2.51. The molecule has 7 nitrogen and oxygen atoms in total. The van der Waals surface area contributed by atoms with E-state index >= 15 is 0 Å². The summed E-state index contributed by atoms with van der Waals surface area (Å²) < 4.78 is 31.2. The third kappa shape index (κ3) is 1.68. The second-order valence-corrected chi connectivity index (χ2v) is 5.12. The summed E-state index contributed by atoms with van der Waals surface area (Å²) in [4.78, 5) is 26.0. The van der Waals surface area contributed by atoms with Gasteiger partial charge in [0, 0.05) is 5.56 Å². The van der Waals surface area contributed by atoms with Crippen LogP contribution >= 0.6 is 0 Å². The maximum absolute atomic E-state index is 11.7. The number of fused-ring (bicyclic) bond motifs is 1. The smallest absolute Gasteiger partial charge is 0.328 e. The third-order valence-electron chi connectivity index (χ3n) is 2.56. The number of benzene rings is 1. The van der Waals surface area contributed by atoms with Crippen LogP contribution in [0.5, 0.6) is 0 Å². The van der Waals surface area contributed by atoms with Gasteiger partial charge in [-0.15, -0.1) is 0 Å². The van der Waals surface area contributed by atoms with Gasteiger partial charge in [0.25, 0.3) is 15.4 Å². The molecule has 0 saturated heterocycles. The van der Waals surface area contributed by atoms with Crippen molar-refractivity contribution < 1.29 is 27.3 Å². The number of nitrogens with zero attached hydrogens (tertiary/aromatic N) is 2. The molecule has 0 fully saturated rings. The molecular weight excluding hydrogens is 260 g/mol. The van der Waals surface area contributed by atoms with E-state index in [1.54, 1.807) is 0 Å². The Morgan fingerprint density at radius 2 is 1.72 bits per heavy atom. The van der Waals surface area contributed by atoms with Crippen LogP contribution < -0.4 is 0 Å². The van der Waals surface area contributed by atoms with Crippen LogP contribution in [0, 0.1) is 0 Å². The van der Waals surface area contributed by atoms with Crippen molar-refractivity contribution in [3.05, 3.63) is 40.9 Å². The number of hydrogen-bond donors (Lipinski definition) is 1. The number of carbonyl (C=O) groups is 2. The fourth-order valence-corrected chi connectivity index (χ4v) is 2.64. The van der Waals surface area contributed by atoms with Gasteiger partial charge in [-0.05, 0) is 6.07 Å². The van der Waals surface area contributed by atoms with Crippen LogP contribution in [-0.2, 0) is 14.9 Å². The Kier molecular flexibility index (Phi) is 2.70. The average molecular weight is 266 g/mol. The first-order chi connectivity index (χ1) is 8.38. The van der Waals surface area contributed by atoms with Gasteiger partial charge in [-0.25, -0.2) is 0 Å². The molecule has 2 rings (SSSR count). The van der Waals surface area contributed by atoms with Crippen LogP contribution in [-0.4, -0.2) is 40.3 Å². The summed E-state index contributed by atoms with van der Waals surface area (Å²) in [5.41, 5.74) is 8.21. The quantitative estimate of drug-likeness (QED) is 0.324. The van der Waals surface area contributed by atoms with E-state index in [4.69, 9.17) is 10.1 Å². The van der Waals surface area contributed by atoms with Gasteiger partial charge in [-0.2, -0.15) is 13.2 Å². The maximum Gasteiger partial charge on any atom is 0.328 e. The summed E-state index contributed by atoms with van der Waals surface area (Å²) in [5, 5.41) is -2.18. The highest BCUT2D eigenvalue weighted by atomic mass is 32.2. The predicted octanol–water partition coefficient (Wildman–Crippen LogP) is -0.273. The fraction of sp³-hybridized carbons (Fsp3) is 0.100. The molecule has 8 heteroatoms. The number of ketones is 2. The van der Waals surface area contributed by atoms with Crippen molar-refractivity contribution in [3.63, 3.8) is 0 Å². The molecule has 0 spiro atoms. The number of carbonyl (C=O) groups excluding carboxylic acids is 2. The molecule has 0 saturated carbocycles. The summed E-state index contributed by atoms with van der Waals surface area (Å²) in [6, 6.07) is 5.59. The molecule has 1 aliphatic rings. The summed E-state index contributed by atoms with van der Waals surface area (Å²) in [7, 11) is -4.87. The molecule has 0 bridgehead atoms. The van der Waals surface area contributed by atoms with Crippen LogP contribution in [0.15, 0.2) is 24.3 Å². The predicted molar refractivity (Wildman–Crippen MR) is 58.8 cm³/mol. The number of Topliss-reactive ketones (excluding diaryl/α,β-unsaturated/α-hetero) is 2. The molecular formula is C10H6N2O5S. The van der Waals surface area contributed by atoms with Gasteiger partial charge < -0.3 is 5.53 Å². The largest absolute Gasteiger partial charge is 0.361 e. The minimum Gasteiger partial charge on any atom is -0.361 e. The van der Waals surface area contributed by atoms with Crippen molar-refractivity contribution in [1.29, 1.82) is 0 Å². The second-order valence-electron chi connectivity index (χ2n) is 3.62. The molecule has 1 unspecified atom stereocenters. The molecule has 0 aromatic heterocycles. The monoisotopic (exact) mass is 266 g/mol. The Bertz CT molecular complexity index is 716. The van der Waals surface area contributed by atoms with E-state index in [0.717, 1.165) is 0 Å². The summed E-state index contributed by atoms with van der Waals surface area (Å²) in [6.07, 6.45) is 0. The molecule has 0 amide bonds. The highest BCUT2D eigenvalue weighted by Crippen LogP contribution is 2.22. The van der Waals surface area contributed by atoms with Crippen molar-refractivity contribution in [1.82, 2.24) is 0 Å². The summed E-state index contributed by atoms with van der Waals surface area (Å²) >= 11 is 0. The van der Waals surface area contributed by atoms with Gasteiger partial charge in [-0.1, -0.05) is 18.2 Å². The van der Waals surface area contributed by atoms with Crippen molar-refractivity contribution in [2.75, 3.05) is 0 Å². The number of hydrogen-bond acceptors (Lipinski definition) is 4. The van der Waals surface area contributed by atoms with E-state index in [2.05, 4.69) is 4.79 Å². The van der Waals surface area contributed by atoms with Gasteiger partial charge in [0.15, 0.2) is 0 Å². The van der Waals surface area contributed by atoms with Gasteiger partial charge in [-0.3, -0.25) is 14.1 Å². The lowest BCUT2D eigenvalue weighted by Crippen LogP contribution is -2.47. The van der Waals surface area contributed by atoms with Crippen molar-refractivity contribution in [3.8, 4) is 0 Å². The molecule has 18 heavy (non-hydrogen) atoms. The minimum atomic E-state index is -4.87. The molecule has 92 valence electrons. The van der Waals surface area contributed by atoms with Gasteiger partial charge in [0.05, 0.1) is 5.56 Å². The minimum absolute atomic E-state index is 0.00669. The van der Waals surface area contributed by atoms with E-state index in [9.17, 15) is 18.0 Å². The number of rotatable bonds is 1. The lowest BCUT2D eigenvalue weighted by molar-refractivity contribution is -0.114. The van der Waals surface area contributed by atoms with Crippen LogP contribution in [0.25, 0.3) is 5.53 Å². The van der Waals surface area contributed by atoms with Gasteiger partial charge in [0.1, 0.15) is 0 Å². The van der Waals surface area contributed by atoms with Gasteiger partial charge >= 0.3 is 5.71 Å². The van der Waals surface area contributed by atoms with E-state index in [1.165, 1.54) is 24.3 Å². The zero-order valence-electron chi connectivity index (χ0n) is 8.77. The first-order valence-electron chi connectivity index (χ1n) is 4.74. The van der Waals surface area contributed by atoms with Crippen molar-refractivity contribution >= 4 is 27.4 Å². The zero-order chi connectivity index (χ0) is 13.5. The topological polar surface area (TPSA) is 125 Å². The van der Waals surface area contributed by atoms with Crippen LogP contribution in [0.1, 0.15) is 15.9 Å². The lowest BCUT2D eigenvalue weighted by atomic mass is 9.88. The molecule has 1 aliphatic carbocycles. The average Bonchev–Trinajstić information content (AvgIpc) is 2.32. The molecule has 1 atom stereocenters. The Balaban J connectivity index is 2.82. The maximum atomic E-state index is 11.7. The Morgan fingerprint density at radius 1 is 1.17 bits per heavy atom. The standard InChI is InChI=1S/C10H6N2O5S/c11-12-7-5-3-1-2-4-6(5)8(13)9(14)10(7)18(15,16)17/h1-4,10H,(H,15,16,17). The van der Waals surface area contributed by atoms with Crippen LogP contribution in [0.2, 0.25) is 0 Å². The van der Waals surface area contributed by atoms with E-state index in [0.29, 0.717) is 0 Å². The highest BCUT2D eigenvalue weighted by molar-refractivity contribution is 7.88. The first kappa shape index (κ1) is 12.3. The van der Waals surface area contributed by atoms with E-state index in [-0.39, 0.29) is 11.1 Å². The second kappa shape index (κ2) is 3.95. The van der Waals surface area contributed by atoms with Crippen molar-refractivity contribution in [2.24, 2.45) is 0 Å². The molecule has 0 heterocycles. The third-order valence-corrected chi connectivity index (χ3v) is 3.60. The zero-order valence-corrected chi connectivity index (χ0v) is 9.59. The molecule has 1 aromatic rings. The van der Waals surface area contributed by atoms with Crippen LogP contribution in [0.3, 0.4) is 0 Å². The Morgan fingerprint density at radius 3 is 2.22 bits per heavy atom. The Hall–Kier alpha value is -2.15. The van der Waals surface area contributed by atoms with Crippen molar-refractivity contribution in [2.45, 2.75) is 5.25 Å². The molecule has 0 radical (unpaired) electrons. The molecule has 1 aromatic carbocycles. The Labute approximate surface area is 101 Å². The fourth-order valence-electron chi connectivity index (χ4n) is 1.80.